The molecule has 0 bridgehead atoms. The van der Waals surface area contributed by atoms with Gasteiger partial charge in [-0.3, -0.25) is 9.59 Å². The molecule has 0 saturated carbocycles. The standard InChI is InChI=1S/C62H115NO5/c1-3-5-7-9-11-13-15-31-36-40-44-48-52-56-62(67)68-57-53-49-45-41-37-33-30-28-26-24-22-20-18-16-17-19-21-23-25-27-29-32-35-39-43-47-51-55-61(66)63-59(58-64)60(65)54-50-46-42-38-34-14-12-10-8-6-4-2/h13,15-17,20,22,50,54,59-60,64-65H,3-12,14,18-19,21,23-49,51-53,55-58H2,1-2H3,(H,63,66)/b15-13-,17-16-,22-20-,54-50+. The molecule has 2 atom stereocenters. The van der Waals surface area contributed by atoms with E-state index in [-0.39, 0.29) is 18.5 Å². The Hall–Kier alpha value is -2.18. The number of unbranched alkanes of at least 4 members (excludes halogenated alkanes) is 38. The molecule has 0 rings (SSSR count). The lowest BCUT2D eigenvalue weighted by atomic mass is 10.0. The van der Waals surface area contributed by atoms with Crippen molar-refractivity contribution in [2.75, 3.05) is 13.2 Å². The Kier molecular flexibility index (Phi) is 55.6. The van der Waals surface area contributed by atoms with Crippen LogP contribution in [0.2, 0.25) is 0 Å². The highest BCUT2D eigenvalue weighted by atomic mass is 16.5. The largest absolute Gasteiger partial charge is 0.466 e. The van der Waals surface area contributed by atoms with Gasteiger partial charge in [-0.1, -0.05) is 255 Å². The highest BCUT2D eigenvalue weighted by molar-refractivity contribution is 5.76. The van der Waals surface area contributed by atoms with E-state index in [0.717, 1.165) is 51.4 Å². The number of amides is 1. The summed E-state index contributed by atoms with van der Waals surface area (Å²) in [4.78, 5) is 24.4. The van der Waals surface area contributed by atoms with Gasteiger partial charge in [0.2, 0.25) is 5.91 Å². The summed E-state index contributed by atoms with van der Waals surface area (Å²) in [5.41, 5.74) is 0. The van der Waals surface area contributed by atoms with Crippen LogP contribution in [0.4, 0.5) is 0 Å². The molecule has 0 aliphatic carbocycles. The van der Waals surface area contributed by atoms with Crippen molar-refractivity contribution in [1.82, 2.24) is 5.32 Å². The van der Waals surface area contributed by atoms with E-state index in [1.807, 2.05) is 6.08 Å². The summed E-state index contributed by atoms with van der Waals surface area (Å²) in [6.45, 7) is 4.87. The van der Waals surface area contributed by atoms with E-state index in [9.17, 15) is 19.8 Å². The predicted molar refractivity (Wildman–Crippen MR) is 296 cm³/mol. The van der Waals surface area contributed by atoms with Crippen LogP contribution >= 0.6 is 0 Å². The van der Waals surface area contributed by atoms with Crippen molar-refractivity contribution < 1.29 is 24.5 Å². The van der Waals surface area contributed by atoms with Gasteiger partial charge >= 0.3 is 5.97 Å². The maximum atomic E-state index is 12.4. The number of hydrogen-bond acceptors (Lipinski definition) is 5. The van der Waals surface area contributed by atoms with Crippen molar-refractivity contribution in [2.24, 2.45) is 0 Å². The van der Waals surface area contributed by atoms with Crippen LogP contribution < -0.4 is 5.32 Å². The van der Waals surface area contributed by atoms with E-state index in [2.05, 4.69) is 55.6 Å². The summed E-state index contributed by atoms with van der Waals surface area (Å²) in [7, 11) is 0. The van der Waals surface area contributed by atoms with Crippen molar-refractivity contribution >= 4 is 11.9 Å². The fraction of sp³-hybridized carbons (Fsp3) is 0.839. The molecule has 0 aromatic heterocycles. The maximum Gasteiger partial charge on any atom is 0.305 e. The Bertz CT molecular complexity index is 1150. The number of carbonyl (C=O) groups is 2. The first-order chi connectivity index (χ1) is 33.5. The number of allylic oxidation sites excluding steroid dienone is 7. The second kappa shape index (κ2) is 57.4. The second-order valence-electron chi connectivity index (χ2n) is 20.3. The van der Waals surface area contributed by atoms with Gasteiger partial charge in [0, 0.05) is 12.8 Å². The van der Waals surface area contributed by atoms with Gasteiger partial charge < -0.3 is 20.3 Å². The van der Waals surface area contributed by atoms with E-state index in [4.69, 9.17) is 4.74 Å². The molecule has 6 heteroatoms. The van der Waals surface area contributed by atoms with Gasteiger partial charge in [0.15, 0.2) is 0 Å². The molecule has 0 aromatic carbocycles. The number of aliphatic hydroxyl groups is 2. The van der Waals surface area contributed by atoms with E-state index in [1.54, 1.807) is 6.08 Å². The zero-order valence-corrected chi connectivity index (χ0v) is 45.3. The lowest BCUT2D eigenvalue weighted by Crippen LogP contribution is -2.45. The van der Waals surface area contributed by atoms with Gasteiger partial charge in [0.1, 0.15) is 0 Å². The Labute approximate surface area is 423 Å². The molecule has 6 nitrogen and oxygen atoms in total. The van der Waals surface area contributed by atoms with Crippen LogP contribution in [-0.2, 0) is 14.3 Å². The van der Waals surface area contributed by atoms with Crippen molar-refractivity contribution in [3.05, 3.63) is 48.6 Å². The average Bonchev–Trinajstić information content (AvgIpc) is 3.34. The lowest BCUT2D eigenvalue weighted by Gasteiger charge is -2.20. The average molecular weight is 955 g/mol. The number of rotatable bonds is 55. The highest BCUT2D eigenvalue weighted by Gasteiger charge is 2.18. The zero-order valence-electron chi connectivity index (χ0n) is 45.3. The molecule has 0 aromatic rings. The molecule has 398 valence electrons. The number of carbonyl (C=O) groups excluding carboxylic acids is 2. The van der Waals surface area contributed by atoms with Gasteiger partial charge in [-0.2, -0.15) is 0 Å². The first-order valence-corrected chi connectivity index (χ1v) is 29.9. The molecule has 2 unspecified atom stereocenters. The quantitative estimate of drug-likeness (QED) is 0.0321. The van der Waals surface area contributed by atoms with Gasteiger partial charge in [-0.15, -0.1) is 0 Å². The van der Waals surface area contributed by atoms with Crippen LogP contribution in [0.25, 0.3) is 0 Å². The number of aliphatic hydroxyl groups excluding tert-OH is 2. The lowest BCUT2D eigenvalue weighted by molar-refractivity contribution is -0.143. The normalized spacial score (nSPS) is 12.9. The van der Waals surface area contributed by atoms with Crippen LogP contribution in [0.3, 0.4) is 0 Å². The number of hydrogen-bond donors (Lipinski definition) is 3. The number of ether oxygens (including phenoxy) is 1. The molecule has 1 amide bonds. The zero-order chi connectivity index (χ0) is 49.3. The molecule has 0 radical (unpaired) electrons. The Morgan fingerprint density at radius 3 is 1.15 bits per heavy atom. The third kappa shape index (κ3) is 53.2. The van der Waals surface area contributed by atoms with Crippen molar-refractivity contribution in [3.8, 4) is 0 Å². The predicted octanol–water partition coefficient (Wildman–Crippen LogP) is 18.6. The maximum absolute atomic E-state index is 12.4. The fourth-order valence-electron chi connectivity index (χ4n) is 8.95. The van der Waals surface area contributed by atoms with Crippen LogP contribution in [0.15, 0.2) is 48.6 Å². The Morgan fingerprint density at radius 2 is 0.735 bits per heavy atom. The third-order valence-corrected chi connectivity index (χ3v) is 13.6. The summed E-state index contributed by atoms with van der Waals surface area (Å²) in [5, 5.41) is 23.0. The summed E-state index contributed by atoms with van der Waals surface area (Å²) < 4.78 is 5.47. The summed E-state index contributed by atoms with van der Waals surface area (Å²) in [6, 6.07) is -0.629. The van der Waals surface area contributed by atoms with Crippen LogP contribution in [0.5, 0.6) is 0 Å². The Morgan fingerprint density at radius 1 is 0.412 bits per heavy atom. The fourth-order valence-corrected chi connectivity index (χ4v) is 8.95. The van der Waals surface area contributed by atoms with Gasteiger partial charge in [-0.25, -0.2) is 0 Å². The van der Waals surface area contributed by atoms with Crippen molar-refractivity contribution in [3.63, 3.8) is 0 Å². The third-order valence-electron chi connectivity index (χ3n) is 13.6. The molecule has 0 heterocycles. The number of nitrogens with one attached hydrogen (secondary N) is 1. The van der Waals surface area contributed by atoms with Crippen molar-refractivity contribution in [1.29, 1.82) is 0 Å². The molecule has 0 aliphatic heterocycles. The summed E-state index contributed by atoms with van der Waals surface area (Å²) >= 11 is 0. The van der Waals surface area contributed by atoms with Gasteiger partial charge in [0.25, 0.3) is 0 Å². The molecule has 0 aliphatic rings. The van der Waals surface area contributed by atoms with Crippen LogP contribution in [0, 0.1) is 0 Å². The molecule has 68 heavy (non-hydrogen) atoms. The highest BCUT2D eigenvalue weighted by Crippen LogP contribution is 2.16. The number of esters is 1. The molecule has 0 fully saturated rings. The molecule has 3 N–H and O–H groups in total. The molecule has 0 saturated heterocycles. The minimum absolute atomic E-state index is 0.000387. The minimum Gasteiger partial charge on any atom is -0.466 e. The summed E-state index contributed by atoms with van der Waals surface area (Å²) in [6.07, 6.45) is 72.9. The topological polar surface area (TPSA) is 95.9 Å². The SMILES string of the molecule is CCCCCC/C=C\CCCCCCCC(=O)OCCCCCCCCCCC/C=C\C/C=C\CCCCCCCCCCCCCC(=O)NC(CO)C(O)/C=C/CCCCCCCCCCC. The van der Waals surface area contributed by atoms with Crippen LogP contribution in [-0.4, -0.2) is 47.4 Å². The first-order valence-electron chi connectivity index (χ1n) is 29.9. The van der Waals surface area contributed by atoms with E-state index in [1.165, 1.54) is 231 Å². The monoisotopic (exact) mass is 954 g/mol. The minimum atomic E-state index is -0.845. The Balaban J connectivity index is 3.43. The van der Waals surface area contributed by atoms with E-state index < -0.39 is 12.1 Å². The second-order valence-corrected chi connectivity index (χ2v) is 20.3. The molecular formula is C62H115NO5. The molecule has 0 spiro atoms. The molecular weight excluding hydrogens is 839 g/mol. The van der Waals surface area contributed by atoms with Crippen molar-refractivity contribution in [2.45, 2.75) is 321 Å². The first kappa shape index (κ1) is 65.8. The van der Waals surface area contributed by atoms with Crippen LogP contribution in [0.1, 0.15) is 309 Å². The smallest absolute Gasteiger partial charge is 0.305 e. The summed E-state index contributed by atoms with van der Waals surface area (Å²) in [5.74, 6) is -0.0723. The van der Waals surface area contributed by atoms with Gasteiger partial charge in [-0.05, 0) is 89.9 Å². The van der Waals surface area contributed by atoms with E-state index >= 15 is 0 Å². The van der Waals surface area contributed by atoms with E-state index in [0.29, 0.717) is 19.4 Å². The van der Waals surface area contributed by atoms with Gasteiger partial charge in [0.05, 0.1) is 25.4 Å².